The molecule has 2 atom stereocenters. The summed E-state index contributed by atoms with van der Waals surface area (Å²) >= 11 is 0. The predicted molar refractivity (Wildman–Crippen MR) is 182 cm³/mol. The molecule has 0 spiro atoms. The van der Waals surface area contributed by atoms with Crippen LogP contribution in [0.3, 0.4) is 0 Å². The van der Waals surface area contributed by atoms with Crippen LogP contribution in [0.1, 0.15) is 49.2 Å². The molecule has 2 unspecified atom stereocenters. The number of hydrogen-bond donors (Lipinski definition) is 5. The first-order chi connectivity index (χ1) is 22.1. The number of benzene rings is 3. The highest BCUT2D eigenvalue weighted by atomic mass is 31.2. The fourth-order valence-corrected chi connectivity index (χ4v) is 6.00. The van der Waals surface area contributed by atoms with Crippen LogP contribution in [0.5, 0.6) is 5.75 Å². The topological polar surface area (TPSA) is 188 Å². The van der Waals surface area contributed by atoms with Gasteiger partial charge in [0.1, 0.15) is 12.4 Å². The summed E-state index contributed by atoms with van der Waals surface area (Å²) in [4.78, 5) is 37.5. The Morgan fingerprint density at radius 2 is 1.70 bits per heavy atom. The van der Waals surface area contributed by atoms with E-state index in [0.29, 0.717) is 16.8 Å². The summed E-state index contributed by atoms with van der Waals surface area (Å²) in [6.07, 6.45) is -0.869. The minimum atomic E-state index is -4.04. The van der Waals surface area contributed by atoms with Gasteiger partial charge in [-0.3, -0.25) is 19.6 Å². The van der Waals surface area contributed by atoms with Gasteiger partial charge in [-0.15, -0.1) is 0 Å². The number of methoxy groups -OCH3 is 1. The first-order valence-corrected chi connectivity index (χ1v) is 16.5. The number of amides is 1. The molecular formula is C33H40N5O8P. The second kappa shape index (κ2) is 16.1. The zero-order valence-electron chi connectivity index (χ0n) is 27.3. The number of esters is 1. The second-order valence-corrected chi connectivity index (χ2v) is 13.1. The lowest BCUT2D eigenvalue weighted by atomic mass is 10.0. The van der Waals surface area contributed by atoms with E-state index in [1.807, 2.05) is 19.9 Å². The number of nitrogens with zero attached hydrogens (tertiary/aromatic N) is 1. The van der Waals surface area contributed by atoms with Crippen molar-refractivity contribution in [2.45, 2.75) is 53.7 Å². The third-order valence-corrected chi connectivity index (χ3v) is 8.55. The molecule has 0 radical (unpaired) electrons. The van der Waals surface area contributed by atoms with Crippen LogP contribution in [0.4, 0.5) is 11.4 Å². The number of aromatic carboxylic acids is 1. The van der Waals surface area contributed by atoms with Gasteiger partial charge in [0.25, 0.3) is 5.91 Å². The number of hydrogen-bond acceptors (Lipinski definition) is 10. The van der Waals surface area contributed by atoms with E-state index in [4.69, 9.17) is 19.4 Å². The molecule has 5 N–H and O–H groups in total. The van der Waals surface area contributed by atoms with Crippen molar-refractivity contribution in [3.8, 4) is 16.9 Å². The normalized spacial score (nSPS) is 13.3. The first-order valence-electron chi connectivity index (χ1n) is 14.6. The van der Waals surface area contributed by atoms with E-state index < -0.39 is 43.9 Å². The molecule has 14 heteroatoms. The number of nitrogens with one attached hydrogen (secondary N) is 4. The van der Waals surface area contributed by atoms with Crippen molar-refractivity contribution in [1.82, 2.24) is 5.09 Å². The van der Waals surface area contributed by atoms with Gasteiger partial charge in [0.2, 0.25) is 0 Å². The van der Waals surface area contributed by atoms with Crippen LogP contribution in [0.25, 0.3) is 11.1 Å². The van der Waals surface area contributed by atoms with Gasteiger partial charge in [-0.25, -0.2) is 9.88 Å². The van der Waals surface area contributed by atoms with Gasteiger partial charge >= 0.3 is 19.5 Å². The SMILES string of the molecule is COCP(=O)(NC(C)C(=O)OC(C)C)Oc1c(N/N=C(/C(C)=N)C(=O)Nc2ccc(C)c(C)c2)cccc1-c1cccc(C(=O)O)c1. The number of carbonyl (C=O) groups excluding carboxylic acids is 2. The summed E-state index contributed by atoms with van der Waals surface area (Å²) in [7, 11) is -2.73. The summed E-state index contributed by atoms with van der Waals surface area (Å²) < 4.78 is 30.8. The molecular weight excluding hydrogens is 625 g/mol. The maximum Gasteiger partial charge on any atom is 0.342 e. The van der Waals surface area contributed by atoms with Crippen LogP contribution in [0.15, 0.2) is 65.8 Å². The third-order valence-electron chi connectivity index (χ3n) is 6.69. The fourth-order valence-electron chi connectivity index (χ4n) is 4.29. The molecule has 1 amide bonds. The van der Waals surface area contributed by atoms with E-state index in [2.05, 4.69) is 20.9 Å². The number of carboxylic acid groups (broad SMARTS) is 1. The molecule has 0 heterocycles. The van der Waals surface area contributed by atoms with Crippen molar-refractivity contribution in [1.29, 1.82) is 5.41 Å². The number of para-hydroxylation sites is 1. The van der Waals surface area contributed by atoms with Gasteiger partial charge in [0.05, 0.1) is 23.1 Å². The number of carbonyl (C=O) groups is 3. The van der Waals surface area contributed by atoms with E-state index in [1.54, 1.807) is 50.2 Å². The molecule has 13 nitrogen and oxygen atoms in total. The minimum absolute atomic E-state index is 0.00202. The Hall–Kier alpha value is -4.84. The maximum absolute atomic E-state index is 14.2. The van der Waals surface area contributed by atoms with Crippen LogP contribution in [-0.2, 0) is 23.6 Å². The summed E-state index contributed by atoms with van der Waals surface area (Å²) in [5.74, 6) is -2.51. The van der Waals surface area contributed by atoms with E-state index in [9.17, 15) is 24.1 Å². The van der Waals surface area contributed by atoms with Crippen molar-refractivity contribution in [3.05, 3.63) is 77.4 Å². The van der Waals surface area contributed by atoms with Gasteiger partial charge in [0.15, 0.2) is 11.5 Å². The summed E-state index contributed by atoms with van der Waals surface area (Å²) in [6.45, 7) is 10.1. The number of aryl methyl sites for hydroxylation is 2. The monoisotopic (exact) mass is 665 g/mol. The van der Waals surface area contributed by atoms with Crippen molar-refractivity contribution in [2.24, 2.45) is 5.10 Å². The number of ether oxygens (including phenoxy) is 2. The molecule has 0 aliphatic rings. The first kappa shape index (κ1) is 36.6. The molecule has 0 bridgehead atoms. The zero-order chi connectivity index (χ0) is 34.9. The van der Waals surface area contributed by atoms with Crippen LogP contribution in [0.2, 0.25) is 0 Å². The number of rotatable bonds is 15. The zero-order valence-corrected chi connectivity index (χ0v) is 28.2. The maximum atomic E-state index is 14.2. The van der Waals surface area contributed by atoms with Crippen molar-refractivity contribution >= 4 is 48.2 Å². The molecule has 0 saturated carbocycles. The average Bonchev–Trinajstić information content (AvgIpc) is 2.99. The Bertz CT molecular complexity index is 1740. The summed E-state index contributed by atoms with van der Waals surface area (Å²) in [5, 5.41) is 27.5. The van der Waals surface area contributed by atoms with E-state index in [-0.39, 0.29) is 28.4 Å². The van der Waals surface area contributed by atoms with Crippen LogP contribution in [-0.4, -0.2) is 60.0 Å². The molecule has 0 saturated heterocycles. The molecule has 250 valence electrons. The second-order valence-electron chi connectivity index (χ2n) is 11.0. The third kappa shape index (κ3) is 10.1. The highest BCUT2D eigenvalue weighted by molar-refractivity contribution is 7.57. The highest BCUT2D eigenvalue weighted by Crippen LogP contribution is 2.49. The van der Waals surface area contributed by atoms with E-state index >= 15 is 0 Å². The number of anilines is 2. The highest BCUT2D eigenvalue weighted by Gasteiger charge is 2.33. The van der Waals surface area contributed by atoms with Gasteiger partial charge in [-0.05, 0) is 88.6 Å². The number of carboxylic acids is 1. The average molecular weight is 666 g/mol. The molecule has 0 aliphatic heterocycles. The lowest BCUT2D eigenvalue weighted by molar-refractivity contribution is -0.149. The van der Waals surface area contributed by atoms with Gasteiger partial charge in [-0.1, -0.05) is 30.3 Å². The molecule has 0 aliphatic carbocycles. The van der Waals surface area contributed by atoms with Gasteiger partial charge < -0.3 is 29.8 Å². The molecule has 0 fully saturated rings. The summed E-state index contributed by atoms with van der Waals surface area (Å²) in [5.41, 5.74) is 5.76. The smallest absolute Gasteiger partial charge is 0.342 e. The summed E-state index contributed by atoms with van der Waals surface area (Å²) in [6, 6.07) is 15.2. The van der Waals surface area contributed by atoms with E-state index in [1.165, 1.54) is 39.2 Å². The van der Waals surface area contributed by atoms with Crippen molar-refractivity contribution in [3.63, 3.8) is 0 Å². The van der Waals surface area contributed by atoms with Crippen molar-refractivity contribution < 1.29 is 38.1 Å². The quantitative estimate of drug-likeness (QED) is 0.0539. The van der Waals surface area contributed by atoms with Crippen LogP contribution >= 0.6 is 7.52 Å². The predicted octanol–water partition coefficient (Wildman–Crippen LogP) is 6.22. The minimum Gasteiger partial charge on any atom is -0.478 e. The molecule has 3 rings (SSSR count). The standard InChI is InChI=1S/C33H40N5O8P/c1-19(2)45-33(42)23(6)38-47(43,18-44-7)46-30-27(24-10-8-11-25(17-24)32(40)41)12-9-13-28(30)36-37-29(22(5)34)31(39)35-26-15-14-20(3)21(4)16-26/h8-17,19,23,34,36H,18H2,1-7H3,(H,35,39)(H,38,43)(H,40,41)/b34-22?,37-29-. The van der Waals surface area contributed by atoms with Gasteiger partial charge in [-0.2, -0.15) is 5.10 Å². The lowest BCUT2D eigenvalue weighted by Gasteiger charge is -2.26. The Kier molecular flexibility index (Phi) is 12.6. The van der Waals surface area contributed by atoms with Gasteiger partial charge in [0, 0.05) is 18.4 Å². The Labute approximate surface area is 273 Å². The largest absolute Gasteiger partial charge is 0.478 e. The van der Waals surface area contributed by atoms with Crippen LogP contribution < -0.4 is 20.4 Å². The van der Waals surface area contributed by atoms with Crippen molar-refractivity contribution in [2.75, 3.05) is 24.2 Å². The Morgan fingerprint density at radius 3 is 2.32 bits per heavy atom. The lowest BCUT2D eigenvalue weighted by Crippen LogP contribution is -2.36. The molecule has 3 aromatic carbocycles. The Balaban J connectivity index is 2.10. The number of hydrazone groups is 1. The molecule has 0 aromatic heterocycles. The Morgan fingerprint density at radius 1 is 1.00 bits per heavy atom. The van der Waals surface area contributed by atoms with Crippen LogP contribution in [0, 0.1) is 19.3 Å². The van der Waals surface area contributed by atoms with E-state index in [0.717, 1.165) is 11.1 Å². The molecule has 3 aromatic rings. The fraction of sp³-hybridized carbons (Fsp3) is 0.303. The molecule has 47 heavy (non-hydrogen) atoms.